The molecule has 1 saturated carbocycles. The third kappa shape index (κ3) is 3.98. The molecule has 88 valence electrons. The normalized spacial score (nSPS) is 32.7. The summed E-state index contributed by atoms with van der Waals surface area (Å²) in [4.78, 5) is 0. The topological polar surface area (TPSA) is 9.23 Å². The number of hydrogen-bond donors (Lipinski definition) is 0. The van der Waals surface area contributed by atoms with Crippen LogP contribution in [0.1, 0.15) is 40.0 Å². The van der Waals surface area contributed by atoms with E-state index in [0.29, 0.717) is 5.41 Å². The molecule has 0 aliphatic heterocycles. The lowest BCUT2D eigenvalue weighted by molar-refractivity contribution is 0.266. The molecule has 0 N–H and O–H groups in total. The second-order valence-electron chi connectivity index (χ2n) is 6.21. The molecule has 1 nitrogen and oxygen atoms in total. The van der Waals surface area contributed by atoms with Crippen molar-refractivity contribution in [1.29, 1.82) is 0 Å². The SMILES string of the molecule is CC(C)(C)CC1CC2C=CC1C2.COC. The number of ether oxygens (including phenoxy) is 1. The first-order chi connectivity index (χ1) is 6.96. The largest absolute Gasteiger partial charge is 0.388 e. The predicted octanol–water partition coefficient (Wildman–Crippen LogP) is 3.90. The minimum atomic E-state index is 0.531. The van der Waals surface area contributed by atoms with Crippen molar-refractivity contribution in [1.82, 2.24) is 0 Å². The summed E-state index contributed by atoms with van der Waals surface area (Å²) in [6.45, 7) is 7.09. The van der Waals surface area contributed by atoms with E-state index >= 15 is 0 Å². The fourth-order valence-electron chi connectivity index (χ4n) is 2.92. The highest BCUT2D eigenvalue weighted by molar-refractivity contribution is 5.10. The second kappa shape index (κ2) is 5.16. The van der Waals surface area contributed by atoms with Gasteiger partial charge in [0.2, 0.25) is 0 Å². The zero-order valence-electron chi connectivity index (χ0n) is 10.9. The monoisotopic (exact) mass is 210 g/mol. The molecule has 1 fully saturated rings. The van der Waals surface area contributed by atoms with Crippen molar-refractivity contribution in [2.75, 3.05) is 14.2 Å². The minimum Gasteiger partial charge on any atom is -0.388 e. The Balaban J connectivity index is 0.000000337. The fourth-order valence-corrected chi connectivity index (χ4v) is 2.92. The lowest BCUT2D eigenvalue weighted by atomic mass is 9.79. The summed E-state index contributed by atoms with van der Waals surface area (Å²) < 4.78 is 4.25. The third-order valence-corrected chi connectivity index (χ3v) is 3.29. The summed E-state index contributed by atoms with van der Waals surface area (Å²) in [6, 6.07) is 0. The van der Waals surface area contributed by atoms with E-state index in [0.717, 1.165) is 17.8 Å². The molecule has 0 saturated heterocycles. The zero-order valence-corrected chi connectivity index (χ0v) is 10.9. The minimum absolute atomic E-state index is 0.531. The van der Waals surface area contributed by atoms with Crippen molar-refractivity contribution >= 4 is 0 Å². The van der Waals surface area contributed by atoms with Gasteiger partial charge in [-0.2, -0.15) is 0 Å². The Morgan fingerprint density at radius 2 is 1.73 bits per heavy atom. The van der Waals surface area contributed by atoms with Crippen LogP contribution in [0.5, 0.6) is 0 Å². The molecule has 0 heterocycles. The van der Waals surface area contributed by atoms with Gasteiger partial charge in [-0.3, -0.25) is 0 Å². The van der Waals surface area contributed by atoms with Crippen LogP contribution in [0, 0.1) is 23.2 Å². The highest BCUT2D eigenvalue weighted by Crippen LogP contribution is 2.47. The fraction of sp³-hybridized carbons (Fsp3) is 0.857. The molecule has 3 unspecified atom stereocenters. The van der Waals surface area contributed by atoms with E-state index in [1.807, 2.05) is 0 Å². The average molecular weight is 210 g/mol. The first-order valence-corrected chi connectivity index (χ1v) is 6.04. The Morgan fingerprint density at radius 1 is 1.13 bits per heavy atom. The summed E-state index contributed by atoms with van der Waals surface area (Å²) in [6.07, 6.45) is 9.24. The van der Waals surface area contributed by atoms with Gasteiger partial charge in [-0.25, -0.2) is 0 Å². The first-order valence-electron chi connectivity index (χ1n) is 6.04. The van der Waals surface area contributed by atoms with Crippen LogP contribution >= 0.6 is 0 Å². The number of methoxy groups -OCH3 is 1. The molecule has 2 bridgehead atoms. The zero-order chi connectivity index (χ0) is 11.5. The van der Waals surface area contributed by atoms with Gasteiger partial charge in [0, 0.05) is 14.2 Å². The van der Waals surface area contributed by atoms with Gasteiger partial charge < -0.3 is 4.74 Å². The molecule has 0 aromatic carbocycles. The van der Waals surface area contributed by atoms with E-state index in [9.17, 15) is 0 Å². The average Bonchev–Trinajstić information content (AvgIpc) is 2.62. The summed E-state index contributed by atoms with van der Waals surface area (Å²) in [5.74, 6) is 2.89. The van der Waals surface area contributed by atoms with Crippen molar-refractivity contribution in [2.24, 2.45) is 23.2 Å². The lowest BCUT2D eigenvalue weighted by Crippen LogP contribution is -2.16. The molecule has 2 aliphatic carbocycles. The van der Waals surface area contributed by atoms with Gasteiger partial charge in [-0.1, -0.05) is 32.9 Å². The van der Waals surface area contributed by atoms with E-state index in [1.54, 1.807) is 14.2 Å². The molecular formula is C14H26O. The Labute approximate surface area is 94.9 Å². The lowest BCUT2D eigenvalue weighted by Gasteiger charge is -2.26. The summed E-state index contributed by atoms with van der Waals surface area (Å²) in [5.41, 5.74) is 0.531. The van der Waals surface area contributed by atoms with Gasteiger partial charge in [0.15, 0.2) is 0 Å². The quantitative estimate of drug-likeness (QED) is 0.596. The number of allylic oxidation sites excluding steroid dienone is 2. The van der Waals surface area contributed by atoms with Crippen molar-refractivity contribution in [3.8, 4) is 0 Å². The van der Waals surface area contributed by atoms with E-state index < -0.39 is 0 Å². The second-order valence-corrected chi connectivity index (χ2v) is 6.21. The predicted molar refractivity (Wildman–Crippen MR) is 65.8 cm³/mol. The van der Waals surface area contributed by atoms with Crippen molar-refractivity contribution in [3.63, 3.8) is 0 Å². The van der Waals surface area contributed by atoms with Gasteiger partial charge in [0.25, 0.3) is 0 Å². The Morgan fingerprint density at radius 3 is 2.07 bits per heavy atom. The molecule has 0 amide bonds. The molecule has 3 atom stereocenters. The molecule has 2 aliphatic rings. The van der Waals surface area contributed by atoms with Gasteiger partial charge >= 0.3 is 0 Å². The molecule has 1 heteroatoms. The van der Waals surface area contributed by atoms with E-state index in [2.05, 4.69) is 37.7 Å². The van der Waals surface area contributed by atoms with Crippen LogP contribution in [-0.4, -0.2) is 14.2 Å². The number of fused-ring (bicyclic) bond motifs is 2. The molecular weight excluding hydrogens is 184 g/mol. The summed E-state index contributed by atoms with van der Waals surface area (Å²) >= 11 is 0. The number of rotatable bonds is 1. The summed E-state index contributed by atoms with van der Waals surface area (Å²) in [5, 5.41) is 0. The van der Waals surface area contributed by atoms with Gasteiger partial charge in [0.05, 0.1) is 0 Å². The van der Waals surface area contributed by atoms with E-state index in [-0.39, 0.29) is 0 Å². The van der Waals surface area contributed by atoms with E-state index in [4.69, 9.17) is 0 Å². The molecule has 0 radical (unpaired) electrons. The maximum absolute atomic E-state index is 4.25. The molecule has 2 rings (SSSR count). The molecule has 0 aromatic rings. The van der Waals surface area contributed by atoms with Crippen LogP contribution in [-0.2, 0) is 4.74 Å². The Bertz CT molecular complexity index is 212. The Kier molecular flexibility index (Phi) is 4.39. The smallest absolute Gasteiger partial charge is 0.0351 e. The van der Waals surface area contributed by atoms with E-state index in [1.165, 1.54) is 19.3 Å². The summed E-state index contributed by atoms with van der Waals surface area (Å²) in [7, 11) is 3.25. The number of hydrogen-bond acceptors (Lipinski definition) is 1. The molecule has 0 aromatic heterocycles. The highest BCUT2D eigenvalue weighted by atomic mass is 16.4. The van der Waals surface area contributed by atoms with Gasteiger partial charge in [0.1, 0.15) is 0 Å². The van der Waals surface area contributed by atoms with Gasteiger partial charge in [-0.05, 0) is 42.4 Å². The van der Waals surface area contributed by atoms with Crippen LogP contribution in [0.25, 0.3) is 0 Å². The van der Waals surface area contributed by atoms with Crippen LogP contribution in [0.2, 0.25) is 0 Å². The van der Waals surface area contributed by atoms with Crippen molar-refractivity contribution in [3.05, 3.63) is 12.2 Å². The Hall–Kier alpha value is -0.300. The van der Waals surface area contributed by atoms with Crippen molar-refractivity contribution < 1.29 is 4.74 Å². The first kappa shape index (κ1) is 12.8. The maximum atomic E-state index is 4.25. The highest BCUT2D eigenvalue weighted by Gasteiger charge is 2.37. The van der Waals surface area contributed by atoms with Crippen LogP contribution < -0.4 is 0 Å². The third-order valence-electron chi connectivity index (χ3n) is 3.29. The maximum Gasteiger partial charge on any atom is 0.0351 e. The van der Waals surface area contributed by atoms with Crippen LogP contribution in [0.3, 0.4) is 0 Å². The molecule has 15 heavy (non-hydrogen) atoms. The standard InChI is InChI=1S/C12H20.C2H6O/c1-12(2,3)8-11-7-9-4-5-10(11)6-9;1-3-2/h4-5,9-11H,6-8H2,1-3H3;1-2H3. The van der Waals surface area contributed by atoms with Crippen LogP contribution in [0.4, 0.5) is 0 Å². The molecule has 0 spiro atoms. The van der Waals surface area contributed by atoms with Crippen molar-refractivity contribution in [2.45, 2.75) is 40.0 Å². The van der Waals surface area contributed by atoms with Crippen LogP contribution in [0.15, 0.2) is 12.2 Å². The van der Waals surface area contributed by atoms with Gasteiger partial charge in [-0.15, -0.1) is 0 Å².